The molecule has 1 aromatic carbocycles. The fraction of sp³-hybridized carbons (Fsp3) is 0.571. The molecule has 0 aromatic heterocycles. The van der Waals surface area contributed by atoms with Crippen LogP contribution in [0.1, 0.15) is 17.5 Å². The first-order chi connectivity index (χ1) is 9.81. The first-order valence-corrected chi connectivity index (χ1v) is 6.80. The summed E-state index contributed by atoms with van der Waals surface area (Å²) < 4.78 is 39.3. The molecule has 0 saturated carbocycles. The predicted molar refractivity (Wildman–Crippen MR) is 74.2 cm³/mol. The van der Waals surface area contributed by atoms with E-state index in [1.54, 1.807) is 5.48 Å². The van der Waals surface area contributed by atoms with Crippen LogP contribution in [0, 0.1) is 0 Å². The monoisotopic (exact) mass is 303 g/mol. The number of nitrogens with one attached hydrogen (secondary N) is 1. The smallest absolute Gasteiger partial charge is 0.305 e. The highest BCUT2D eigenvalue weighted by molar-refractivity contribution is 5.48. The molecule has 1 aromatic rings. The Kier molecular flexibility index (Phi) is 4.75. The highest BCUT2D eigenvalue weighted by atomic mass is 19.4. The molecule has 0 amide bonds. The van der Waals surface area contributed by atoms with E-state index < -0.39 is 11.7 Å². The van der Waals surface area contributed by atoms with E-state index in [9.17, 15) is 13.2 Å². The number of nitrogens with zero attached hydrogens (tertiary/aromatic N) is 2. The molecule has 2 rings (SSSR count). The Morgan fingerprint density at radius 3 is 2.62 bits per heavy atom. The van der Waals surface area contributed by atoms with Crippen LogP contribution in [0.25, 0.3) is 0 Å². The second-order valence-electron chi connectivity index (χ2n) is 5.62. The lowest BCUT2D eigenvalue weighted by Crippen LogP contribution is -2.31. The van der Waals surface area contributed by atoms with Crippen molar-refractivity contribution in [1.29, 1.82) is 0 Å². The number of halogens is 3. The fourth-order valence-corrected chi connectivity index (χ4v) is 2.67. The van der Waals surface area contributed by atoms with Gasteiger partial charge < -0.3 is 4.90 Å². The first-order valence-electron chi connectivity index (χ1n) is 6.80. The third-order valence-electron chi connectivity index (χ3n) is 3.92. The molecule has 1 aliphatic heterocycles. The lowest BCUT2D eigenvalue weighted by atomic mass is 10.1. The van der Waals surface area contributed by atoms with E-state index in [1.807, 2.05) is 19.0 Å². The number of likely N-dealkylation sites (tertiary alicyclic amines) is 1. The zero-order chi connectivity index (χ0) is 15.6. The Morgan fingerprint density at radius 2 is 2.10 bits per heavy atom. The van der Waals surface area contributed by atoms with Gasteiger partial charge in [-0.1, -0.05) is 6.07 Å². The topological polar surface area (TPSA) is 38.7 Å². The molecule has 0 unspecified atom stereocenters. The van der Waals surface area contributed by atoms with Crippen LogP contribution in [0.4, 0.5) is 18.9 Å². The van der Waals surface area contributed by atoms with Crippen molar-refractivity contribution < 1.29 is 18.4 Å². The second kappa shape index (κ2) is 6.21. The van der Waals surface area contributed by atoms with Gasteiger partial charge in [-0.25, -0.2) is 0 Å². The summed E-state index contributed by atoms with van der Waals surface area (Å²) in [6, 6.07) is 4.20. The minimum atomic E-state index is -4.43. The number of alkyl halides is 3. The van der Waals surface area contributed by atoms with Crippen LogP contribution >= 0.6 is 0 Å². The number of likely N-dealkylation sites (N-methyl/N-ethyl adjacent to an activating group) is 1. The van der Waals surface area contributed by atoms with Crippen LogP contribution in [0.15, 0.2) is 18.2 Å². The van der Waals surface area contributed by atoms with Crippen molar-refractivity contribution >= 4 is 5.69 Å². The lowest BCUT2D eigenvalue weighted by Gasteiger charge is -2.22. The summed E-state index contributed by atoms with van der Waals surface area (Å²) in [7, 11) is 3.97. The van der Waals surface area contributed by atoms with Crippen LogP contribution in [-0.4, -0.2) is 48.2 Å². The van der Waals surface area contributed by atoms with E-state index >= 15 is 0 Å². The molecule has 1 saturated heterocycles. The van der Waals surface area contributed by atoms with Gasteiger partial charge in [-0.15, -0.1) is 0 Å². The number of hydrogen-bond donors (Lipinski definition) is 2. The highest BCUT2D eigenvalue weighted by Crippen LogP contribution is 2.34. The largest absolute Gasteiger partial charge is 0.416 e. The van der Waals surface area contributed by atoms with Crippen LogP contribution in [0.5, 0.6) is 0 Å². The quantitative estimate of drug-likeness (QED) is 0.839. The molecule has 21 heavy (non-hydrogen) atoms. The van der Waals surface area contributed by atoms with Crippen molar-refractivity contribution in [2.75, 3.05) is 32.7 Å². The van der Waals surface area contributed by atoms with E-state index in [-0.39, 0.29) is 17.8 Å². The van der Waals surface area contributed by atoms with Crippen molar-refractivity contribution in [3.05, 3.63) is 29.3 Å². The fourth-order valence-electron chi connectivity index (χ4n) is 2.67. The molecule has 0 spiro atoms. The average Bonchev–Trinajstić information content (AvgIpc) is 2.86. The molecule has 1 atom stereocenters. The van der Waals surface area contributed by atoms with Gasteiger partial charge in [-0.3, -0.25) is 15.6 Å². The van der Waals surface area contributed by atoms with Crippen molar-refractivity contribution in [3.8, 4) is 0 Å². The maximum absolute atomic E-state index is 13.1. The summed E-state index contributed by atoms with van der Waals surface area (Å²) >= 11 is 0. The Balaban J connectivity index is 2.17. The average molecular weight is 303 g/mol. The normalized spacial score (nSPS) is 20.2. The summed E-state index contributed by atoms with van der Waals surface area (Å²) in [6.45, 7) is 1.83. The molecule has 0 aliphatic carbocycles. The predicted octanol–water partition coefficient (Wildman–Crippen LogP) is 2.64. The summed E-state index contributed by atoms with van der Waals surface area (Å²) in [4.78, 5) is 4.13. The zero-order valence-electron chi connectivity index (χ0n) is 12.1. The van der Waals surface area contributed by atoms with Gasteiger partial charge in [0, 0.05) is 25.7 Å². The molecule has 1 aliphatic rings. The van der Waals surface area contributed by atoms with E-state index in [2.05, 4.69) is 4.90 Å². The first kappa shape index (κ1) is 16.1. The Morgan fingerprint density at radius 1 is 1.38 bits per heavy atom. The molecule has 4 nitrogen and oxygen atoms in total. The molecule has 1 fully saturated rings. The lowest BCUT2D eigenvalue weighted by molar-refractivity contribution is -0.138. The van der Waals surface area contributed by atoms with Crippen LogP contribution in [-0.2, 0) is 12.7 Å². The van der Waals surface area contributed by atoms with Gasteiger partial charge in [0.05, 0.1) is 11.3 Å². The van der Waals surface area contributed by atoms with E-state index in [0.29, 0.717) is 6.04 Å². The Bertz CT molecular complexity index is 491. The van der Waals surface area contributed by atoms with Crippen LogP contribution in [0.2, 0.25) is 0 Å². The summed E-state index contributed by atoms with van der Waals surface area (Å²) in [5, 5.41) is 8.77. The molecule has 7 heteroatoms. The number of hydrogen-bond acceptors (Lipinski definition) is 4. The molecular weight excluding hydrogens is 283 g/mol. The third-order valence-corrected chi connectivity index (χ3v) is 3.92. The maximum atomic E-state index is 13.1. The SMILES string of the molecule is CN(C)[C@H]1CCN(Cc2ccc(NO)cc2C(F)(F)F)C1. The summed E-state index contributed by atoms with van der Waals surface area (Å²) in [5.41, 5.74) is 1.34. The Labute approximate surface area is 122 Å². The Hall–Kier alpha value is -1.31. The van der Waals surface area contributed by atoms with E-state index in [4.69, 9.17) is 5.21 Å². The summed E-state index contributed by atoms with van der Waals surface area (Å²) in [5.74, 6) is 0. The third kappa shape index (κ3) is 3.87. The molecule has 1 heterocycles. The molecule has 0 bridgehead atoms. The van der Waals surface area contributed by atoms with Crippen molar-refractivity contribution in [2.45, 2.75) is 25.2 Å². The minimum Gasteiger partial charge on any atom is -0.305 e. The zero-order valence-corrected chi connectivity index (χ0v) is 12.1. The van der Waals surface area contributed by atoms with Gasteiger partial charge in [0.15, 0.2) is 0 Å². The standard InChI is InChI=1S/C14H20F3N3O/c1-19(2)12-5-6-20(9-12)8-10-3-4-11(18-21)7-13(10)14(15,16)17/h3-4,7,12,18,21H,5-6,8-9H2,1-2H3/t12-/m0/s1. The number of rotatable bonds is 4. The molecule has 2 N–H and O–H groups in total. The van der Waals surface area contributed by atoms with Crippen LogP contribution in [0.3, 0.4) is 0 Å². The molecule has 118 valence electrons. The molecular formula is C14H20F3N3O. The molecule has 0 radical (unpaired) electrons. The van der Waals surface area contributed by atoms with Gasteiger partial charge in [-0.2, -0.15) is 13.2 Å². The van der Waals surface area contributed by atoms with E-state index in [0.717, 1.165) is 25.6 Å². The maximum Gasteiger partial charge on any atom is 0.416 e. The highest BCUT2D eigenvalue weighted by Gasteiger charge is 2.34. The van der Waals surface area contributed by atoms with E-state index in [1.165, 1.54) is 12.1 Å². The van der Waals surface area contributed by atoms with Gasteiger partial charge in [-0.05, 0) is 38.2 Å². The number of benzene rings is 1. The van der Waals surface area contributed by atoms with Gasteiger partial charge in [0.2, 0.25) is 0 Å². The number of anilines is 1. The van der Waals surface area contributed by atoms with Gasteiger partial charge >= 0.3 is 6.18 Å². The van der Waals surface area contributed by atoms with Gasteiger partial charge in [0.1, 0.15) is 0 Å². The van der Waals surface area contributed by atoms with Crippen molar-refractivity contribution in [3.63, 3.8) is 0 Å². The van der Waals surface area contributed by atoms with Crippen molar-refractivity contribution in [1.82, 2.24) is 9.80 Å². The summed E-state index contributed by atoms with van der Waals surface area (Å²) in [6.07, 6.45) is -3.46. The van der Waals surface area contributed by atoms with Gasteiger partial charge in [0.25, 0.3) is 0 Å². The second-order valence-corrected chi connectivity index (χ2v) is 5.62. The minimum absolute atomic E-state index is 0.0404. The van der Waals surface area contributed by atoms with Crippen LogP contribution < -0.4 is 5.48 Å². The van der Waals surface area contributed by atoms with Crippen molar-refractivity contribution in [2.24, 2.45) is 0 Å².